The minimum absolute atomic E-state index is 0.0124. The molecule has 1 aliphatic rings. The van der Waals surface area contributed by atoms with Gasteiger partial charge in [-0.1, -0.05) is 116 Å². The van der Waals surface area contributed by atoms with Crippen molar-refractivity contribution in [2.45, 2.75) is 344 Å². The number of Topliss-reactive ketones (excluding diaryl/α,β-unsaturated/α-hetero) is 7. The Morgan fingerprint density at radius 2 is 0.757 bits per heavy atom. The number of nitrogens with one attached hydrogen (secondary N) is 4. The highest BCUT2D eigenvalue weighted by Crippen LogP contribution is 2.32. The number of ether oxygens (including phenoxy) is 1. The molecule has 0 aromatic heterocycles. The van der Waals surface area contributed by atoms with Crippen LogP contribution in [-0.2, 0) is 125 Å². The summed E-state index contributed by atoms with van der Waals surface area (Å²) in [7, 11) is 9.52. The smallest absolute Gasteiger partial charge is 0.303 e. The average molecular weight is 2100 g/mol. The predicted octanol–water partition coefficient (Wildman–Crippen LogP) is 5.34. The summed E-state index contributed by atoms with van der Waals surface area (Å²) < 4.78 is 5.65. The molecule has 0 spiro atoms. The summed E-state index contributed by atoms with van der Waals surface area (Å²) in [4.78, 5) is 353. The molecular weight excluding hydrogens is 1940 g/mol. The molecule has 148 heavy (non-hydrogen) atoms. The number of likely N-dealkylation sites (N-methyl/N-ethyl adjacent to an activating group) is 7. The fraction of sp³-hybridized carbons (Fsp3) is 0.738. The molecule has 45 nitrogen and oxygen atoms in total. The van der Waals surface area contributed by atoms with Crippen molar-refractivity contribution in [3.05, 3.63) is 12.2 Å². The van der Waals surface area contributed by atoms with Crippen LogP contribution in [0.25, 0.3) is 0 Å². The first-order valence-electron chi connectivity index (χ1n) is 50.8. The van der Waals surface area contributed by atoms with Gasteiger partial charge < -0.3 is 101 Å². The van der Waals surface area contributed by atoms with Gasteiger partial charge in [0.1, 0.15) is 36.8 Å². The fourth-order valence-corrected chi connectivity index (χ4v) is 17.8. The first kappa shape index (κ1) is 134. The van der Waals surface area contributed by atoms with E-state index < -0.39 is 396 Å². The van der Waals surface area contributed by atoms with Crippen molar-refractivity contribution in [3.63, 3.8) is 0 Å². The molecular formula is C103H165N11O34. The molecule has 1 aliphatic heterocycles. The second-order valence-corrected chi connectivity index (χ2v) is 41.8. The van der Waals surface area contributed by atoms with Gasteiger partial charge in [0, 0.05) is 168 Å². The zero-order valence-corrected chi connectivity index (χ0v) is 90.3. The molecule has 0 aromatic rings. The Labute approximate surface area is 866 Å². The van der Waals surface area contributed by atoms with Crippen LogP contribution in [0.3, 0.4) is 0 Å². The van der Waals surface area contributed by atoms with Crippen LogP contribution in [0.1, 0.15) is 278 Å². The normalized spacial score (nSPS) is 21.6. The van der Waals surface area contributed by atoms with Gasteiger partial charge in [-0.05, 0) is 125 Å². The van der Waals surface area contributed by atoms with Gasteiger partial charge in [-0.2, -0.15) is 0 Å². The van der Waals surface area contributed by atoms with E-state index in [1.807, 2.05) is 41.5 Å². The lowest BCUT2D eigenvalue weighted by Crippen LogP contribution is -2.61. The van der Waals surface area contributed by atoms with E-state index >= 15 is 19.2 Å². The van der Waals surface area contributed by atoms with Crippen molar-refractivity contribution in [2.24, 2.45) is 76.9 Å². The number of rotatable bonds is 55. The van der Waals surface area contributed by atoms with Crippen molar-refractivity contribution in [1.82, 2.24) is 55.6 Å². The molecule has 1 fully saturated rings. The number of amides is 11. The SMILES string of the molecule is CC[C@@H]1CC(=O)[C@H]([C@H](O)[C@H](C)C/C=C/COCC(=O)C[C@H](CCC(=O)O)C(=O)N[C@H](CCC(=O)O)C(=O)C[C@H](CCC(=O)O)C(=O)N[C@H](CCC(=O)O)C(=O)C[C@H](CCC(=O)O)C(=O)N[C@H](CCC(=O)O)C(=O)CCC(=O)O)N(C)C(=O)[C@H](C(C)C)N(C)C(=O)[C@H](CC(C)C)N(C)C(=O)[C@H](CC(C)C)N(C)C(=O)[C@@H](C)NC(=O)[C@H](C)CC(=O)[C@H](CC(C)C)N(C)C(=O)[C@H](C(C)C)CC(=O)[C@H](CC(C)C)N(C)C(=O)CN(C)C1=O. The largest absolute Gasteiger partial charge is 0.481 e. The van der Waals surface area contributed by atoms with Crippen molar-refractivity contribution < 1.29 is 165 Å². The Morgan fingerprint density at radius 1 is 0.392 bits per heavy atom. The van der Waals surface area contributed by atoms with E-state index in [4.69, 9.17) is 9.84 Å². The summed E-state index contributed by atoms with van der Waals surface area (Å²) in [5, 5.41) is 89.3. The van der Waals surface area contributed by atoms with E-state index in [0.29, 0.717) is 0 Å². The van der Waals surface area contributed by atoms with Gasteiger partial charge in [-0.3, -0.25) is 120 Å². The average Bonchev–Trinajstić information content (AvgIpc) is 0.794. The Morgan fingerprint density at radius 3 is 1.16 bits per heavy atom. The molecule has 0 aromatic carbocycles. The topological polar surface area (TPSA) is 669 Å². The first-order chi connectivity index (χ1) is 68.6. The van der Waals surface area contributed by atoms with E-state index in [1.54, 1.807) is 48.5 Å². The molecule has 0 unspecified atom stereocenters. The minimum Gasteiger partial charge on any atom is -0.481 e. The van der Waals surface area contributed by atoms with Crippen LogP contribution in [0.5, 0.6) is 0 Å². The molecule has 1 rings (SSSR count). The van der Waals surface area contributed by atoms with Crippen molar-refractivity contribution in [2.75, 3.05) is 69.1 Å². The van der Waals surface area contributed by atoms with Crippen LogP contribution in [-0.4, -0.2) is 358 Å². The van der Waals surface area contributed by atoms with E-state index in [-0.39, 0.29) is 81.6 Å². The first-order valence-corrected chi connectivity index (χ1v) is 50.8. The second kappa shape index (κ2) is 65.6. The third kappa shape index (κ3) is 46.3. The second-order valence-electron chi connectivity index (χ2n) is 41.8. The quantitative estimate of drug-likeness (QED) is 0.0270. The summed E-state index contributed by atoms with van der Waals surface area (Å²) in [5.41, 5.74) is 0. The fourth-order valence-electron chi connectivity index (χ4n) is 17.8. The lowest BCUT2D eigenvalue weighted by Gasteiger charge is -2.41. The number of carbonyl (C=O) groups is 25. The number of carboxylic acids is 7. The molecule has 0 saturated carbocycles. The van der Waals surface area contributed by atoms with Crippen LogP contribution in [0.15, 0.2) is 12.2 Å². The molecule has 0 radical (unpaired) electrons. The Balaban J connectivity index is 4.14. The lowest BCUT2D eigenvalue weighted by molar-refractivity contribution is -0.157. The lowest BCUT2D eigenvalue weighted by atomic mass is 9.84. The van der Waals surface area contributed by atoms with Crippen LogP contribution < -0.4 is 21.3 Å². The van der Waals surface area contributed by atoms with E-state index in [2.05, 4.69) is 21.3 Å². The number of hydrogen-bond acceptors (Lipinski definition) is 27. The number of aliphatic hydroxyl groups is 1. The third-order valence-corrected chi connectivity index (χ3v) is 26.7. The molecule has 45 heteroatoms. The van der Waals surface area contributed by atoms with Crippen LogP contribution >= 0.6 is 0 Å². The molecule has 12 N–H and O–H groups in total. The number of carboxylic acid groups (broad SMARTS) is 7. The van der Waals surface area contributed by atoms with Gasteiger partial charge >= 0.3 is 41.8 Å². The van der Waals surface area contributed by atoms with E-state index in [1.165, 1.54) is 102 Å². The Hall–Kier alpha value is -12.2. The van der Waals surface area contributed by atoms with Crippen molar-refractivity contribution in [1.29, 1.82) is 0 Å². The highest BCUT2D eigenvalue weighted by atomic mass is 16.5. The van der Waals surface area contributed by atoms with Crippen LogP contribution in [0, 0.1) is 76.9 Å². The van der Waals surface area contributed by atoms with Gasteiger partial charge in [-0.25, -0.2) is 0 Å². The van der Waals surface area contributed by atoms with Gasteiger partial charge in [0.25, 0.3) is 0 Å². The highest BCUT2D eigenvalue weighted by Gasteiger charge is 2.48. The number of aliphatic hydroxyl groups excluding tert-OH is 1. The number of nitrogens with zero attached hydrogens (tertiary/aromatic N) is 7. The molecule has 18 atom stereocenters. The maximum Gasteiger partial charge on any atom is 0.303 e. The van der Waals surface area contributed by atoms with Gasteiger partial charge in [0.2, 0.25) is 65.0 Å². The number of carbonyl (C=O) groups excluding carboxylic acids is 18. The third-order valence-electron chi connectivity index (χ3n) is 26.7. The number of ketones is 7. The van der Waals surface area contributed by atoms with Gasteiger partial charge in [0.05, 0.1) is 55.9 Å². The summed E-state index contributed by atoms with van der Waals surface area (Å²) in [5.74, 6) is -37.3. The minimum atomic E-state index is -1.92. The molecule has 0 bridgehead atoms. The van der Waals surface area contributed by atoms with Crippen molar-refractivity contribution in [3.8, 4) is 0 Å². The maximum atomic E-state index is 15.7. The Kier molecular flexibility index (Phi) is 59.3. The monoisotopic (exact) mass is 2100 g/mol. The number of allylic oxidation sites excluding steroid dienone is 1. The van der Waals surface area contributed by atoms with E-state index in [9.17, 15) is 136 Å². The molecule has 11 amide bonds. The summed E-state index contributed by atoms with van der Waals surface area (Å²) in [6.07, 6.45) is -13.4. The molecule has 0 aliphatic carbocycles. The molecule has 1 heterocycles. The zero-order chi connectivity index (χ0) is 114. The highest BCUT2D eigenvalue weighted by molar-refractivity contribution is 6.02. The summed E-state index contributed by atoms with van der Waals surface area (Å²) >= 11 is 0. The van der Waals surface area contributed by atoms with Crippen LogP contribution in [0.4, 0.5) is 0 Å². The van der Waals surface area contributed by atoms with E-state index in [0.717, 1.165) is 14.7 Å². The molecule has 1 saturated heterocycles. The standard InChI is InChI=1S/C103H165N11O34/c1-24-64-49-82(121)92(93(137)61(14)27-25-26-42-148-54-68(115)48-65(28-35-84(123)124)95(139)106-71(32-39-88(131)132)78(117)51-67(30-37-86(127)128)97(141)107-72(33-40-89(133)134)79(118)50-66(29-36-85(125)126)96(140)105-70(31-38-87(129)130)77(116)34-41-90(135)136)114(23)103(147)91(60(12)13)113(22)102(146)76(46-58(8)9)112(21)101(145)75(45-57(6)7)111(20)98(142)63(16)104-94(138)62(15)47-80(119)74(44-56(4)5)110(19)100(144)69(59(10)11)52-81(120)73(43-55(2)3)109(18)83(122)53-108(17)99(64)143/h25-26,55-67,69-76,91-93,137H,24,27-54H2,1-23H3,(H,104,138)(H,105,140)(H,106,139)(H,107,141)(H,123,124)(H,125,126)(H,127,128)(H,129,130)(H,131,132)(H,133,134)(H,135,136)/b26-25+/t61-,62-,63-,64-,65+,66+,67+,69+,70-,71-,72-,73+,74+,75+,76+,91+,92-,93-/m1/s1. The summed E-state index contributed by atoms with van der Waals surface area (Å²) in [6.45, 7) is 25.6. The van der Waals surface area contributed by atoms with Gasteiger partial charge in [-0.15, -0.1) is 0 Å². The van der Waals surface area contributed by atoms with Crippen LogP contribution in [0.2, 0.25) is 0 Å². The number of aliphatic carboxylic acids is 7. The predicted molar refractivity (Wildman–Crippen MR) is 535 cm³/mol. The summed E-state index contributed by atoms with van der Waals surface area (Å²) in [6, 6.07) is -14.8. The Bertz CT molecular complexity index is 4640. The van der Waals surface area contributed by atoms with Crippen molar-refractivity contribution >= 4 is 147 Å². The maximum absolute atomic E-state index is 15.7. The number of hydrogen-bond donors (Lipinski definition) is 12. The zero-order valence-electron chi connectivity index (χ0n) is 90.3. The van der Waals surface area contributed by atoms with Gasteiger partial charge in [0.15, 0.2) is 40.5 Å². The molecule has 836 valence electrons.